The van der Waals surface area contributed by atoms with Crippen molar-refractivity contribution in [3.8, 4) is 0 Å². The van der Waals surface area contributed by atoms with Crippen LogP contribution in [-0.4, -0.2) is 11.1 Å². The van der Waals surface area contributed by atoms with Gasteiger partial charge >= 0.3 is 5.97 Å². The summed E-state index contributed by atoms with van der Waals surface area (Å²) in [6.07, 6.45) is 0.547. The van der Waals surface area contributed by atoms with Crippen molar-refractivity contribution >= 4 is 5.97 Å². The topological polar surface area (TPSA) is 37.3 Å². The zero-order valence-corrected chi connectivity index (χ0v) is 9.88. The Bertz CT molecular complexity index is 397. The predicted molar refractivity (Wildman–Crippen MR) is 61.2 cm³/mol. The number of hydrogen-bond donors (Lipinski definition) is 1. The molecule has 0 aliphatic carbocycles. The molecule has 0 fully saturated rings. The average Bonchev–Trinajstić information content (AvgIpc) is 2.15. The zero-order valence-electron chi connectivity index (χ0n) is 9.88. The van der Waals surface area contributed by atoms with Gasteiger partial charge in [-0.25, -0.2) is 4.39 Å². The van der Waals surface area contributed by atoms with Gasteiger partial charge in [-0.3, -0.25) is 4.79 Å². The second-order valence-electron chi connectivity index (χ2n) is 4.35. The van der Waals surface area contributed by atoms with Crippen molar-refractivity contribution in [1.29, 1.82) is 0 Å². The largest absolute Gasteiger partial charge is 0.481 e. The van der Waals surface area contributed by atoms with Crippen LogP contribution < -0.4 is 0 Å². The number of carboxylic acids is 1. The van der Waals surface area contributed by atoms with E-state index in [4.69, 9.17) is 5.11 Å². The van der Waals surface area contributed by atoms with E-state index in [-0.39, 0.29) is 18.2 Å². The standard InChI is InChI=1S/C13H17FO2/c1-8(2)11-7-10(4-5-13(15)16)9(3)6-12(11)14/h6-8H,4-5H2,1-3H3,(H,15,16). The zero-order chi connectivity index (χ0) is 12.3. The molecule has 1 rings (SSSR count). The van der Waals surface area contributed by atoms with E-state index in [9.17, 15) is 9.18 Å². The first-order valence-electron chi connectivity index (χ1n) is 5.42. The lowest BCUT2D eigenvalue weighted by molar-refractivity contribution is -0.136. The molecule has 0 aliphatic heterocycles. The van der Waals surface area contributed by atoms with Crippen molar-refractivity contribution in [1.82, 2.24) is 0 Å². The quantitative estimate of drug-likeness (QED) is 0.852. The molecule has 2 nitrogen and oxygen atoms in total. The summed E-state index contributed by atoms with van der Waals surface area (Å²) in [5.74, 6) is -0.912. The van der Waals surface area contributed by atoms with Gasteiger partial charge < -0.3 is 5.11 Å². The molecule has 16 heavy (non-hydrogen) atoms. The number of carboxylic acid groups (broad SMARTS) is 1. The number of benzene rings is 1. The number of rotatable bonds is 4. The number of aryl methyl sites for hydroxylation is 2. The van der Waals surface area contributed by atoms with Crippen molar-refractivity contribution in [3.05, 3.63) is 34.6 Å². The highest BCUT2D eigenvalue weighted by Gasteiger charge is 2.11. The highest BCUT2D eigenvalue weighted by molar-refractivity contribution is 5.67. The molecule has 0 unspecified atom stereocenters. The summed E-state index contributed by atoms with van der Waals surface area (Å²) in [6.45, 7) is 5.66. The van der Waals surface area contributed by atoms with Gasteiger partial charge in [0, 0.05) is 6.42 Å². The van der Waals surface area contributed by atoms with Gasteiger partial charge in [0.2, 0.25) is 0 Å². The van der Waals surface area contributed by atoms with Crippen molar-refractivity contribution < 1.29 is 14.3 Å². The Morgan fingerprint density at radius 3 is 2.56 bits per heavy atom. The first-order chi connectivity index (χ1) is 7.41. The molecule has 0 saturated carbocycles. The Balaban J connectivity index is 3.00. The third-order valence-electron chi connectivity index (χ3n) is 2.69. The molecular weight excluding hydrogens is 207 g/mol. The lowest BCUT2D eigenvalue weighted by Crippen LogP contribution is -2.02. The van der Waals surface area contributed by atoms with Crippen molar-refractivity contribution in [3.63, 3.8) is 0 Å². The van der Waals surface area contributed by atoms with Crippen LogP contribution in [0.2, 0.25) is 0 Å². The second kappa shape index (κ2) is 5.10. The number of aliphatic carboxylic acids is 1. The van der Waals surface area contributed by atoms with Gasteiger partial charge in [-0.05, 0) is 42.0 Å². The van der Waals surface area contributed by atoms with E-state index < -0.39 is 5.97 Å². The molecule has 0 heterocycles. The number of hydrogen-bond acceptors (Lipinski definition) is 1. The summed E-state index contributed by atoms with van der Waals surface area (Å²) in [5, 5.41) is 8.62. The van der Waals surface area contributed by atoms with Gasteiger partial charge in [0.1, 0.15) is 5.82 Å². The molecule has 88 valence electrons. The molecule has 0 aromatic heterocycles. The Labute approximate surface area is 95.1 Å². The highest BCUT2D eigenvalue weighted by atomic mass is 19.1. The molecular formula is C13H17FO2. The summed E-state index contributed by atoms with van der Waals surface area (Å²) in [5.41, 5.74) is 2.40. The van der Waals surface area contributed by atoms with Gasteiger partial charge in [-0.2, -0.15) is 0 Å². The fourth-order valence-corrected chi connectivity index (χ4v) is 1.69. The summed E-state index contributed by atoms with van der Waals surface area (Å²) in [7, 11) is 0. The Hall–Kier alpha value is -1.38. The minimum Gasteiger partial charge on any atom is -0.481 e. The van der Waals surface area contributed by atoms with E-state index in [0.717, 1.165) is 11.1 Å². The Kier molecular flexibility index (Phi) is 4.05. The maximum Gasteiger partial charge on any atom is 0.303 e. The van der Waals surface area contributed by atoms with Gasteiger partial charge in [0.15, 0.2) is 0 Å². The Morgan fingerprint density at radius 1 is 1.44 bits per heavy atom. The molecule has 1 aromatic carbocycles. The molecule has 0 radical (unpaired) electrons. The molecule has 0 aliphatic rings. The molecule has 0 saturated heterocycles. The lowest BCUT2D eigenvalue weighted by Gasteiger charge is -2.12. The molecule has 1 N–H and O–H groups in total. The van der Waals surface area contributed by atoms with Crippen LogP contribution in [0.4, 0.5) is 4.39 Å². The minimum atomic E-state index is -0.824. The summed E-state index contributed by atoms with van der Waals surface area (Å²) < 4.78 is 13.6. The van der Waals surface area contributed by atoms with Crippen molar-refractivity contribution in [2.45, 2.75) is 39.5 Å². The molecule has 1 aromatic rings. The van der Waals surface area contributed by atoms with Crippen LogP contribution in [0.25, 0.3) is 0 Å². The van der Waals surface area contributed by atoms with Crippen molar-refractivity contribution in [2.75, 3.05) is 0 Å². The maximum absolute atomic E-state index is 13.6. The maximum atomic E-state index is 13.6. The van der Waals surface area contributed by atoms with Crippen LogP contribution in [0, 0.1) is 12.7 Å². The van der Waals surface area contributed by atoms with Crippen LogP contribution >= 0.6 is 0 Å². The summed E-state index contributed by atoms with van der Waals surface area (Å²) >= 11 is 0. The van der Waals surface area contributed by atoms with Gasteiger partial charge in [-0.15, -0.1) is 0 Å². The highest BCUT2D eigenvalue weighted by Crippen LogP contribution is 2.23. The minimum absolute atomic E-state index is 0.0873. The van der Waals surface area contributed by atoms with Crippen LogP contribution in [0.3, 0.4) is 0 Å². The van der Waals surface area contributed by atoms with E-state index in [1.54, 1.807) is 6.07 Å². The molecule has 0 bridgehead atoms. The molecule has 0 atom stereocenters. The summed E-state index contributed by atoms with van der Waals surface area (Å²) in [6, 6.07) is 3.28. The average molecular weight is 224 g/mol. The predicted octanol–water partition coefficient (Wildman–Crippen LogP) is 3.27. The lowest BCUT2D eigenvalue weighted by atomic mass is 9.95. The van der Waals surface area contributed by atoms with E-state index in [2.05, 4.69) is 0 Å². The smallest absolute Gasteiger partial charge is 0.303 e. The first kappa shape index (κ1) is 12.7. The van der Waals surface area contributed by atoms with Crippen LogP contribution in [0.5, 0.6) is 0 Å². The fraction of sp³-hybridized carbons (Fsp3) is 0.462. The third kappa shape index (κ3) is 3.05. The van der Waals surface area contributed by atoms with E-state index >= 15 is 0 Å². The van der Waals surface area contributed by atoms with Crippen LogP contribution in [-0.2, 0) is 11.2 Å². The SMILES string of the molecule is Cc1cc(F)c(C(C)C)cc1CCC(=O)O. The van der Waals surface area contributed by atoms with Crippen molar-refractivity contribution in [2.24, 2.45) is 0 Å². The Morgan fingerprint density at radius 2 is 2.06 bits per heavy atom. The van der Waals surface area contributed by atoms with Gasteiger partial charge in [-0.1, -0.05) is 19.9 Å². The molecule has 0 amide bonds. The first-order valence-corrected chi connectivity index (χ1v) is 5.42. The fourth-order valence-electron chi connectivity index (χ4n) is 1.69. The molecule has 0 spiro atoms. The van der Waals surface area contributed by atoms with Crippen LogP contribution in [0.1, 0.15) is 42.9 Å². The number of halogens is 1. The van der Waals surface area contributed by atoms with E-state index in [1.807, 2.05) is 20.8 Å². The normalized spacial score (nSPS) is 10.8. The monoisotopic (exact) mass is 224 g/mol. The molecule has 3 heteroatoms. The summed E-state index contributed by atoms with van der Waals surface area (Å²) in [4.78, 5) is 10.5. The van der Waals surface area contributed by atoms with E-state index in [1.165, 1.54) is 6.07 Å². The second-order valence-corrected chi connectivity index (χ2v) is 4.35. The van der Waals surface area contributed by atoms with E-state index in [0.29, 0.717) is 12.0 Å². The third-order valence-corrected chi connectivity index (χ3v) is 2.69. The van der Waals surface area contributed by atoms with Gasteiger partial charge in [0.05, 0.1) is 0 Å². The number of carbonyl (C=O) groups is 1. The van der Waals surface area contributed by atoms with Crippen LogP contribution in [0.15, 0.2) is 12.1 Å². The van der Waals surface area contributed by atoms with Gasteiger partial charge in [0.25, 0.3) is 0 Å².